The zero-order valence-electron chi connectivity index (χ0n) is 17.3. The van der Waals surface area contributed by atoms with E-state index in [0.29, 0.717) is 18.0 Å². The normalized spacial score (nSPS) is 18.5. The molecule has 1 aromatic carbocycles. The third-order valence-electron chi connectivity index (χ3n) is 5.05. The van der Waals surface area contributed by atoms with Crippen LogP contribution in [0.25, 0.3) is 0 Å². The molecular formula is C20H21N5O7. The van der Waals surface area contributed by atoms with Crippen molar-refractivity contribution in [1.29, 1.82) is 0 Å². The number of rotatable bonds is 8. The van der Waals surface area contributed by atoms with Crippen LogP contribution in [0.15, 0.2) is 28.8 Å². The van der Waals surface area contributed by atoms with Crippen LogP contribution in [-0.2, 0) is 32.1 Å². The van der Waals surface area contributed by atoms with Crippen LogP contribution >= 0.6 is 0 Å². The Morgan fingerprint density at radius 2 is 2.00 bits per heavy atom. The summed E-state index contributed by atoms with van der Waals surface area (Å²) in [5, 5.41) is 6.39. The van der Waals surface area contributed by atoms with Gasteiger partial charge in [-0.25, -0.2) is 9.69 Å². The molecule has 2 saturated heterocycles. The van der Waals surface area contributed by atoms with E-state index in [0.717, 1.165) is 22.6 Å². The van der Waals surface area contributed by atoms with E-state index in [1.165, 1.54) is 7.11 Å². The number of anilines is 1. The smallest absolute Gasteiger partial charge is 0.334 e. The van der Waals surface area contributed by atoms with Crippen LogP contribution < -0.4 is 10.1 Å². The maximum absolute atomic E-state index is 12.6. The van der Waals surface area contributed by atoms with Gasteiger partial charge >= 0.3 is 17.8 Å². The lowest BCUT2D eigenvalue weighted by atomic mass is 10.2. The average molecular weight is 443 g/mol. The number of amides is 5. The van der Waals surface area contributed by atoms with Crippen molar-refractivity contribution in [1.82, 2.24) is 19.9 Å². The number of ether oxygens (including phenoxy) is 2. The highest BCUT2D eigenvalue weighted by Gasteiger charge is 2.46. The first kappa shape index (κ1) is 21.4. The molecule has 0 spiro atoms. The largest absolute Gasteiger partial charge is 0.495 e. The zero-order valence-corrected chi connectivity index (χ0v) is 17.3. The van der Waals surface area contributed by atoms with Crippen molar-refractivity contribution in [2.75, 3.05) is 25.6 Å². The second kappa shape index (κ2) is 9.14. The Hall–Kier alpha value is -3.80. The number of hydrogen-bond acceptors (Lipinski definition) is 9. The highest BCUT2D eigenvalue weighted by atomic mass is 16.5. The number of para-hydroxylation sites is 2. The van der Waals surface area contributed by atoms with Gasteiger partial charge in [0.1, 0.15) is 12.3 Å². The summed E-state index contributed by atoms with van der Waals surface area (Å²) in [6.07, 6.45) is 1.09. The molecule has 2 fully saturated rings. The van der Waals surface area contributed by atoms with E-state index in [-0.39, 0.29) is 37.3 Å². The highest BCUT2D eigenvalue weighted by Crippen LogP contribution is 2.23. The lowest BCUT2D eigenvalue weighted by molar-refractivity contribution is -0.144. The van der Waals surface area contributed by atoms with E-state index in [2.05, 4.69) is 15.5 Å². The Balaban J connectivity index is 1.36. The van der Waals surface area contributed by atoms with Gasteiger partial charge in [-0.3, -0.25) is 19.3 Å². The fourth-order valence-electron chi connectivity index (χ4n) is 3.49. The molecule has 3 heterocycles. The van der Waals surface area contributed by atoms with Gasteiger partial charge in [-0.15, -0.1) is 0 Å². The Morgan fingerprint density at radius 1 is 1.22 bits per heavy atom. The first-order valence-electron chi connectivity index (χ1n) is 9.99. The fourth-order valence-corrected chi connectivity index (χ4v) is 3.49. The van der Waals surface area contributed by atoms with Crippen LogP contribution in [0.2, 0.25) is 0 Å². The predicted molar refractivity (Wildman–Crippen MR) is 106 cm³/mol. The number of imide groups is 2. The molecule has 168 valence electrons. The maximum atomic E-state index is 12.6. The third kappa shape index (κ3) is 4.44. The number of benzene rings is 1. The quantitative estimate of drug-likeness (QED) is 0.461. The SMILES string of the molecule is COc1ccccc1NC(=O)Cc1noc(CN2C(=O)C(=O)N(CC3CCCO3)C2=O)n1. The van der Waals surface area contributed by atoms with Crippen LogP contribution in [0.5, 0.6) is 5.75 Å². The molecule has 12 nitrogen and oxygen atoms in total. The summed E-state index contributed by atoms with van der Waals surface area (Å²) >= 11 is 0. The van der Waals surface area contributed by atoms with E-state index in [9.17, 15) is 19.2 Å². The average Bonchev–Trinajstić information content (AvgIpc) is 3.50. The van der Waals surface area contributed by atoms with Crippen molar-refractivity contribution in [2.45, 2.75) is 31.9 Å². The van der Waals surface area contributed by atoms with Crippen LogP contribution in [0.4, 0.5) is 10.5 Å². The van der Waals surface area contributed by atoms with E-state index >= 15 is 0 Å². The third-order valence-corrected chi connectivity index (χ3v) is 5.05. The second-order valence-electron chi connectivity index (χ2n) is 7.25. The number of carbonyl (C=O) groups excluding carboxylic acids is 4. The van der Waals surface area contributed by atoms with Gasteiger partial charge in [-0.2, -0.15) is 4.98 Å². The van der Waals surface area contributed by atoms with E-state index in [1.54, 1.807) is 24.3 Å². The minimum absolute atomic E-state index is 0.0259. The number of urea groups is 1. The molecule has 2 aliphatic rings. The molecule has 0 bridgehead atoms. The second-order valence-corrected chi connectivity index (χ2v) is 7.25. The van der Waals surface area contributed by atoms with Crippen molar-refractivity contribution >= 4 is 29.4 Å². The number of nitrogens with zero attached hydrogens (tertiary/aromatic N) is 4. The van der Waals surface area contributed by atoms with Crippen molar-refractivity contribution in [3.8, 4) is 5.75 Å². The summed E-state index contributed by atoms with van der Waals surface area (Å²) in [6.45, 7) is 0.221. The molecule has 5 amide bonds. The standard InChI is InChI=1S/C20H21N5O7/c1-30-14-7-3-2-6-13(14)21-16(26)9-15-22-17(32-23-15)11-25-19(28)18(27)24(20(25)29)10-12-5-4-8-31-12/h2-3,6-7,12H,4-5,8-11H2,1H3,(H,21,26). The summed E-state index contributed by atoms with van der Waals surface area (Å²) in [6, 6.07) is 6.15. The first-order valence-corrected chi connectivity index (χ1v) is 9.99. The Morgan fingerprint density at radius 3 is 2.75 bits per heavy atom. The van der Waals surface area contributed by atoms with Gasteiger partial charge in [-0.05, 0) is 25.0 Å². The number of aromatic nitrogens is 2. The first-order chi connectivity index (χ1) is 15.5. The molecule has 0 radical (unpaired) electrons. The molecule has 1 unspecified atom stereocenters. The topological polar surface area (TPSA) is 144 Å². The van der Waals surface area contributed by atoms with Crippen LogP contribution in [0.1, 0.15) is 24.6 Å². The lowest BCUT2D eigenvalue weighted by Gasteiger charge is -2.17. The number of methoxy groups -OCH3 is 1. The molecule has 12 heteroatoms. The van der Waals surface area contributed by atoms with E-state index < -0.39 is 23.8 Å². The van der Waals surface area contributed by atoms with Gasteiger partial charge < -0.3 is 19.3 Å². The van der Waals surface area contributed by atoms with Gasteiger partial charge in [0.05, 0.1) is 31.9 Å². The van der Waals surface area contributed by atoms with Crippen molar-refractivity contribution in [2.24, 2.45) is 0 Å². The van der Waals surface area contributed by atoms with E-state index in [4.69, 9.17) is 14.0 Å². The van der Waals surface area contributed by atoms with Gasteiger partial charge in [-0.1, -0.05) is 17.3 Å². The number of nitrogens with one attached hydrogen (secondary N) is 1. The number of hydrogen-bond donors (Lipinski definition) is 1. The molecular weight excluding hydrogens is 422 g/mol. The zero-order chi connectivity index (χ0) is 22.7. The molecule has 4 rings (SSSR count). The summed E-state index contributed by atoms with van der Waals surface area (Å²) in [7, 11) is 1.49. The summed E-state index contributed by atoms with van der Waals surface area (Å²) in [5.74, 6) is -1.80. The fraction of sp³-hybridized carbons (Fsp3) is 0.400. The van der Waals surface area contributed by atoms with Gasteiger partial charge in [0.25, 0.3) is 0 Å². The van der Waals surface area contributed by atoms with Crippen molar-refractivity contribution < 1.29 is 33.2 Å². The lowest BCUT2D eigenvalue weighted by Crippen LogP contribution is -2.38. The minimum atomic E-state index is -0.971. The Labute approximate surface area is 182 Å². The van der Waals surface area contributed by atoms with Crippen molar-refractivity contribution in [3.05, 3.63) is 36.0 Å². The molecule has 1 atom stereocenters. The predicted octanol–water partition coefficient (Wildman–Crippen LogP) is 0.729. The Bertz CT molecular complexity index is 1050. The molecule has 1 aromatic heterocycles. The van der Waals surface area contributed by atoms with E-state index in [1.807, 2.05) is 0 Å². The summed E-state index contributed by atoms with van der Waals surface area (Å²) < 4.78 is 15.7. The highest BCUT2D eigenvalue weighted by molar-refractivity contribution is 6.44. The molecule has 2 aromatic rings. The number of carbonyl (C=O) groups is 4. The monoisotopic (exact) mass is 443 g/mol. The van der Waals surface area contributed by atoms with Crippen molar-refractivity contribution in [3.63, 3.8) is 0 Å². The molecule has 32 heavy (non-hydrogen) atoms. The molecule has 2 aliphatic heterocycles. The molecule has 0 aliphatic carbocycles. The summed E-state index contributed by atoms with van der Waals surface area (Å²) in [5.41, 5.74) is 0.488. The Kier molecular flexibility index (Phi) is 6.12. The van der Waals surface area contributed by atoms with Gasteiger partial charge in [0.15, 0.2) is 5.82 Å². The molecule has 1 N–H and O–H groups in total. The van der Waals surface area contributed by atoms with Crippen LogP contribution in [-0.4, -0.2) is 70.1 Å². The maximum Gasteiger partial charge on any atom is 0.334 e. The van der Waals surface area contributed by atoms with Gasteiger partial charge in [0, 0.05) is 6.61 Å². The summed E-state index contributed by atoms with van der Waals surface area (Å²) in [4.78, 5) is 55.0. The van der Waals surface area contributed by atoms with Gasteiger partial charge in [0.2, 0.25) is 11.8 Å². The minimum Gasteiger partial charge on any atom is -0.495 e. The van der Waals surface area contributed by atoms with Crippen LogP contribution in [0.3, 0.4) is 0 Å². The molecule has 0 saturated carbocycles. The van der Waals surface area contributed by atoms with Crippen LogP contribution in [0, 0.1) is 0 Å².